The molecule has 0 spiro atoms. The van der Waals surface area contributed by atoms with Crippen LogP contribution in [0.25, 0.3) is 0 Å². The highest BCUT2D eigenvalue weighted by Gasteiger charge is 2.15. The fraction of sp³-hybridized carbons (Fsp3) is 1.00. The molecule has 1 aliphatic rings. The van der Waals surface area contributed by atoms with Crippen molar-refractivity contribution in [2.75, 3.05) is 37.7 Å². The number of thioether (sulfide) groups is 1. The van der Waals surface area contributed by atoms with E-state index in [2.05, 4.69) is 36.3 Å². The van der Waals surface area contributed by atoms with Gasteiger partial charge in [0.25, 0.3) is 0 Å². The summed E-state index contributed by atoms with van der Waals surface area (Å²) in [4.78, 5) is 2.51. The minimum atomic E-state index is -1.27. The third kappa shape index (κ3) is 5.73. The van der Waals surface area contributed by atoms with E-state index in [0.717, 1.165) is 13.2 Å². The van der Waals surface area contributed by atoms with Gasteiger partial charge in [-0.15, -0.1) is 0 Å². The molecule has 0 aromatic heterocycles. The second kappa shape index (κ2) is 5.39. The molecule has 0 aromatic rings. The molecule has 13 heavy (non-hydrogen) atoms. The zero-order chi connectivity index (χ0) is 9.73. The van der Waals surface area contributed by atoms with Crippen LogP contribution in [0.4, 0.5) is 0 Å². The normalized spacial score (nSPS) is 20.5. The highest BCUT2D eigenvalue weighted by Crippen LogP contribution is 2.09. The SMILES string of the molecule is C[Si](C)(C)OCCN1CCSCC1. The highest BCUT2D eigenvalue weighted by atomic mass is 32.2. The Hall–Kier alpha value is 0.487. The molecule has 0 aromatic carbocycles. The van der Waals surface area contributed by atoms with Crippen LogP contribution in [0.5, 0.6) is 0 Å². The van der Waals surface area contributed by atoms with E-state index in [4.69, 9.17) is 4.43 Å². The molecule has 0 saturated carbocycles. The maximum Gasteiger partial charge on any atom is 0.183 e. The molecule has 0 bridgehead atoms. The van der Waals surface area contributed by atoms with Crippen LogP contribution in [0.2, 0.25) is 19.6 Å². The van der Waals surface area contributed by atoms with E-state index in [-0.39, 0.29) is 0 Å². The van der Waals surface area contributed by atoms with Crippen molar-refractivity contribution in [2.24, 2.45) is 0 Å². The Labute approximate surface area is 87.2 Å². The van der Waals surface area contributed by atoms with Crippen molar-refractivity contribution in [1.82, 2.24) is 4.90 Å². The maximum absolute atomic E-state index is 5.82. The molecule has 4 heteroatoms. The summed E-state index contributed by atoms with van der Waals surface area (Å²) in [5.74, 6) is 2.60. The minimum absolute atomic E-state index is 0.931. The van der Waals surface area contributed by atoms with Gasteiger partial charge in [-0.1, -0.05) is 0 Å². The molecule has 1 aliphatic heterocycles. The molecule has 0 atom stereocenters. The summed E-state index contributed by atoms with van der Waals surface area (Å²) in [5.41, 5.74) is 0. The molecule has 1 rings (SSSR count). The van der Waals surface area contributed by atoms with Gasteiger partial charge in [-0.3, -0.25) is 4.90 Å². The van der Waals surface area contributed by atoms with Crippen LogP contribution in [0.1, 0.15) is 0 Å². The van der Waals surface area contributed by atoms with Crippen molar-refractivity contribution >= 4 is 20.1 Å². The Kier molecular flexibility index (Phi) is 4.79. The van der Waals surface area contributed by atoms with Crippen molar-refractivity contribution in [3.8, 4) is 0 Å². The molecule has 0 unspecified atom stereocenters. The third-order valence-corrected chi connectivity index (χ3v) is 4.06. The second-order valence-electron chi connectivity index (χ2n) is 4.41. The van der Waals surface area contributed by atoms with Crippen molar-refractivity contribution < 1.29 is 4.43 Å². The number of nitrogens with zero attached hydrogens (tertiary/aromatic N) is 1. The standard InChI is InChI=1S/C9H21NOSSi/c1-13(2,3)11-7-4-10-5-8-12-9-6-10/h4-9H2,1-3H3. The van der Waals surface area contributed by atoms with Gasteiger partial charge in [-0.25, -0.2) is 0 Å². The lowest BCUT2D eigenvalue weighted by Crippen LogP contribution is -2.37. The van der Waals surface area contributed by atoms with Crippen molar-refractivity contribution in [3.63, 3.8) is 0 Å². The summed E-state index contributed by atoms with van der Waals surface area (Å²) >= 11 is 2.06. The fourth-order valence-corrected chi connectivity index (χ4v) is 2.99. The largest absolute Gasteiger partial charge is 0.416 e. The van der Waals surface area contributed by atoms with E-state index in [9.17, 15) is 0 Å². The number of rotatable bonds is 4. The van der Waals surface area contributed by atoms with Crippen LogP contribution in [-0.4, -0.2) is 51.0 Å². The predicted molar refractivity (Wildman–Crippen MR) is 63.1 cm³/mol. The van der Waals surface area contributed by atoms with Gasteiger partial charge in [0.15, 0.2) is 8.32 Å². The van der Waals surface area contributed by atoms with Crippen LogP contribution in [0, 0.1) is 0 Å². The first-order chi connectivity index (χ1) is 6.08. The first-order valence-corrected chi connectivity index (χ1v) is 9.58. The zero-order valence-electron chi connectivity index (χ0n) is 9.01. The Morgan fingerprint density at radius 2 is 1.85 bits per heavy atom. The van der Waals surface area contributed by atoms with Crippen molar-refractivity contribution in [1.29, 1.82) is 0 Å². The van der Waals surface area contributed by atoms with E-state index in [1.807, 2.05) is 0 Å². The molecular weight excluding hydrogens is 198 g/mol. The molecule has 0 N–H and O–H groups in total. The molecule has 1 fully saturated rings. The Bertz CT molecular complexity index is 143. The monoisotopic (exact) mass is 219 g/mol. The van der Waals surface area contributed by atoms with E-state index >= 15 is 0 Å². The zero-order valence-corrected chi connectivity index (χ0v) is 10.8. The van der Waals surface area contributed by atoms with E-state index < -0.39 is 8.32 Å². The summed E-state index contributed by atoms with van der Waals surface area (Å²) < 4.78 is 5.82. The first kappa shape index (κ1) is 11.6. The van der Waals surface area contributed by atoms with Crippen LogP contribution >= 0.6 is 11.8 Å². The van der Waals surface area contributed by atoms with Crippen molar-refractivity contribution in [2.45, 2.75) is 19.6 Å². The van der Waals surface area contributed by atoms with Gasteiger partial charge >= 0.3 is 0 Å². The number of hydrogen-bond donors (Lipinski definition) is 0. The average molecular weight is 219 g/mol. The summed E-state index contributed by atoms with van der Waals surface area (Å²) in [6, 6.07) is 0. The molecule has 2 nitrogen and oxygen atoms in total. The van der Waals surface area contributed by atoms with Crippen LogP contribution < -0.4 is 0 Å². The van der Waals surface area contributed by atoms with Crippen LogP contribution in [0.3, 0.4) is 0 Å². The summed E-state index contributed by atoms with van der Waals surface area (Å²) in [6.45, 7) is 11.3. The van der Waals surface area contributed by atoms with Gasteiger partial charge in [0.1, 0.15) is 0 Å². The molecule has 1 saturated heterocycles. The average Bonchev–Trinajstić information content (AvgIpc) is 2.04. The van der Waals surface area contributed by atoms with Gasteiger partial charge in [-0.2, -0.15) is 11.8 Å². The molecule has 78 valence electrons. The Morgan fingerprint density at radius 3 is 2.38 bits per heavy atom. The van der Waals surface area contributed by atoms with Gasteiger partial charge in [0, 0.05) is 37.7 Å². The third-order valence-electron chi connectivity index (χ3n) is 2.05. The molecule has 1 heterocycles. The first-order valence-electron chi connectivity index (χ1n) is 5.02. The predicted octanol–water partition coefficient (Wildman–Crippen LogP) is 1.89. The summed E-state index contributed by atoms with van der Waals surface area (Å²) in [6.07, 6.45) is 0. The van der Waals surface area contributed by atoms with Gasteiger partial charge in [0.05, 0.1) is 0 Å². The van der Waals surface area contributed by atoms with Gasteiger partial charge < -0.3 is 4.43 Å². The van der Waals surface area contributed by atoms with E-state index in [1.165, 1.54) is 24.6 Å². The number of hydrogen-bond acceptors (Lipinski definition) is 3. The topological polar surface area (TPSA) is 12.5 Å². The maximum atomic E-state index is 5.82. The quantitative estimate of drug-likeness (QED) is 0.670. The molecule has 0 aliphatic carbocycles. The van der Waals surface area contributed by atoms with E-state index in [1.54, 1.807) is 0 Å². The van der Waals surface area contributed by atoms with E-state index in [0.29, 0.717) is 0 Å². The van der Waals surface area contributed by atoms with Gasteiger partial charge in [-0.05, 0) is 19.6 Å². The highest BCUT2D eigenvalue weighted by molar-refractivity contribution is 7.99. The summed E-state index contributed by atoms with van der Waals surface area (Å²) in [7, 11) is -1.27. The van der Waals surface area contributed by atoms with Crippen LogP contribution in [-0.2, 0) is 4.43 Å². The molecule has 0 amide bonds. The lowest BCUT2D eigenvalue weighted by atomic mass is 10.5. The Morgan fingerprint density at radius 1 is 1.23 bits per heavy atom. The van der Waals surface area contributed by atoms with Crippen molar-refractivity contribution in [3.05, 3.63) is 0 Å². The molecular formula is C9H21NOSSi. The summed E-state index contributed by atoms with van der Waals surface area (Å²) in [5, 5.41) is 0. The van der Waals surface area contributed by atoms with Gasteiger partial charge in [0.2, 0.25) is 0 Å². The minimum Gasteiger partial charge on any atom is -0.416 e. The molecule has 0 radical (unpaired) electrons. The lowest BCUT2D eigenvalue weighted by molar-refractivity contribution is 0.218. The Balaban J connectivity index is 2.04. The van der Waals surface area contributed by atoms with Crippen LogP contribution in [0.15, 0.2) is 0 Å². The smallest absolute Gasteiger partial charge is 0.183 e. The fourth-order valence-electron chi connectivity index (χ4n) is 1.31. The second-order valence-corrected chi connectivity index (χ2v) is 10.2. The lowest BCUT2D eigenvalue weighted by Gasteiger charge is -2.27.